The van der Waals surface area contributed by atoms with E-state index in [0.29, 0.717) is 32.1 Å². The van der Waals surface area contributed by atoms with Crippen molar-refractivity contribution in [1.29, 1.82) is 0 Å². The van der Waals surface area contributed by atoms with Crippen LogP contribution >= 0.6 is 0 Å². The molecule has 0 saturated carbocycles. The molecule has 5 amide bonds. The number of aliphatic hydroxyl groups is 2. The van der Waals surface area contributed by atoms with Gasteiger partial charge in [-0.2, -0.15) is 0 Å². The number of aromatic amines is 2. The highest BCUT2D eigenvalue weighted by Gasteiger charge is 2.42. The van der Waals surface area contributed by atoms with E-state index < -0.39 is 60.1 Å². The molecule has 2 aliphatic rings. The van der Waals surface area contributed by atoms with Gasteiger partial charge in [-0.15, -0.1) is 0 Å². The lowest BCUT2D eigenvalue weighted by Crippen LogP contribution is -2.58. The first-order valence-corrected chi connectivity index (χ1v) is 23.1. The van der Waals surface area contributed by atoms with Gasteiger partial charge in [-0.1, -0.05) is 13.8 Å². The maximum absolute atomic E-state index is 13.7. The van der Waals surface area contributed by atoms with E-state index in [4.69, 9.17) is 14.2 Å². The topological polar surface area (TPSA) is 245 Å². The molecule has 19 heteroatoms. The molecule has 0 spiro atoms. The van der Waals surface area contributed by atoms with Gasteiger partial charge in [-0.05, 0) is 109 Å². The van der Waals surface area contributed by atoms with Crippen LogP contribution in [0, 0.1) is 5.92 Å². The number of amides is 5. The van der Waals surface area contributed by atoms with Gasteiger partial charge in [0, 0.05) is 87.9 Å². The number of β-amino-alcohol motifs (C(OH)–C–C–N with tert-alkyl or cyclic N) is 2. The van der Waals surface area contributed by atoms with E-state index in [1.807, 2.05) is 50.5 Å². The number of aromatic nitrogens is 4. The number of carbonyl (C=O) groups is 5. The van der Waals surface area contributed by atoms with E-state index in [1.54, 1.807) is 63.7 Å². The molecule has 2 fully saturated rings. The Bertz CT molecular complexity index is 2310. The summed E-state index contributed by atoms with van der Waals surface area (Å²) in [7, 11) is 4.45. The smallest absolute Gasteiger partial charge is 0.410 e. The number of likely N-dealkylation sites (tertiary alicyclic amines) is 2. The Hall–Kier alpha value is -5.63. The average molecular weight is 934 g/mol. The molecule has 6 heterocycles. The molecule has 2 saturated heterocycles. The summed E-state index contributed by atoms with van der Waals surface area (Å²) in [5.74, 6) is -1.45. The van der Waals surface area contributed by atoms with Crippen LogP contribution in [0.4, 0.5) is 4.79 Å². The lowest BCUT2D eigenvalue weighted by atomic mass is 10.0. The van der Waals surface area contributed by atoms with Gasteiger partial charge in [0.2, 0.25) is 23.6 Å². The molecule has 19 nitrogen and oxygen atoms in total. The molecule has 4 aromatic heterocycles. The minimum absolute atomic E-state index is 0.153. The molecule has 67 heavy (non-hydrogen) atoms. The molecule has 4 aromatic rings. The van der Waals surface area contributed by atoms with Gasteiger partial charge in [-0.25, -0.2) is 14.8 Å². The predicted molar refractivity (Wildman–Crippen MR) is 252 cm³/mol. The largest absolute Gasteiger partial charge is 0.444 e. The van der Waals surface area contributed by atoms with E-state index >= 15 is 0 Å². The first kappa shape index (κ1) is 52.3. The van der Waals surface area contributed by atoms with Crippen LogP contribution in [0.2, 0.25) is 0 Å². The Morgan fingerprint density at radius 1 is 0.776 bits per heavy atom. The SMILES string of the molecule is CC[C@@H](C)C(=O)N[C@H](C(=O)N1C[C@@H](O)C[C@H]1Cc1c[nH]c2ncccc12)[C@@H](C)OC.CO[C@H](C)[C@H](NC(=O)[C@H](C)N(C)C(=O)OC(C)(C)C)C(=O)N1C[C@@H](O)C[C@H]1Cc1c[nH]c2ncccc12. The van der Waals surface area contributed by atoms with Gasteiger partial charge < -0.3 is 54.8 Å². The van der Waals surface area contributed by atoms with Crippen LogP contribution in [0.3, 0.4) is 0 Å². The van der Waals surface area contributed by atoms with Gasteiger partial charge in [-0.3, -0.25) is 24.1 Å². The van der Waals surface area contributed by atoms with Crippen LogP contribution in [0.15, 0.2) is 49.1 Å². The summed E-state index contributed by atoms with van der Waals surface area (Å²) in [4.78, 5) is 84.6. The zero-order valence-electron chi connectivity index (χ0n) is 40.7. The number of likely N-dealkylation sites (N-methyl/N-ethyl adjacent to an activating group) is 1. The van der Waals surface area contributed by atoms with Crippen LogP contribution in [0.5, 0.6) is 0 Å². The summed E-state index contributed by atoms with van der Waals surface area (Å²) in [6.45, 7) is 14.4. The van der Waals surface area contributed by atoms with Gasteiger partial charge >= 0.3 is 6.09 Å². The summed E-state index contributed by atoms with van der Waals surface area (Å²) in [6, 6.07) is 4.55. The fraction of sp³-hybridized carbons (Fsp3) is 0.604. The highest BCUT2D eigenvalue weighted by Crippen LogP contribution is 2.28. The first-order valence-electron chi connectivity index (χ1n) is 23.1. The monoisotopic (exact) mass is 934 g/mol. The third-order valence-electron chi connectivity index (χ3n) is 12.8. The number of rotatable bonds is 16. The van der Waals surface area contributed by atoms with Crippen molar-refractivity contribution in [3.05, 3.63) is 60.2 Å². The number of ether oxygens (including phenoxy) is 3. The van der Waals surface area contributed by atoms with Crippen molar-refractivity contribution in [3.8, 4) is 0 Å². The van der Waals surface area contributed by atoms with E-state index in [1.165, 1.54) is 26.2 Å². The Balaban J connectivity index is 0.000000256. The zero-order valence-corrected chi connectivity index (χ0v) is 40.7. The highest BCUT2D eigenvalue weighted by atomic mass is 16.6. The summed E-state index contributed by atoms with van der Waals surface area (Å²) in [5.41, 5.74) is 2.89. The van der Waals surface area contributed by atoms with E-state index in [0.717, 1.165) is 33.2 Å². The lowest BCUT2D eigenvalue weighted by molar-refractivity contribution is -0.142. The van der Waals surface area contributed by atoms with Crippen molar-refractivity contribution >= 4 is 51.8 Å². The minimum Gasteiger partial charge on any atom is -0.444 e. The Kier molecular flexibility index (Phi) is 17.9. The summed E-state index contributed by atoms with van der Waals surface area (Å²) < 4.78 is 16.2. The summed E-state index contributed by atoms with van der Waals surface area (Å²) in [5, 5.41) is 28.4. The van der Waals surface area contributed by atoms with Crippen molar-refractivity contribution in [2.75, 3.05) is 34.4 Å². The molecule has 0 bridgehead atoms. The van der Waals surface area contributed by atoms with Crippen LogP contribution in [-0.2, 0) is 46.2 Å². The predicted octanol–water partition coefficient (Wildman–Crippen LogP) is 3.48. The molecule has 6 rings (SSSR count). The summed E-state index contributed by atoms with van der Waals surface area (Å²) >= 11 is 0. The van der Waals surface area contributed by atoms with Gasteiger partial charge in [0.05, 0.1) is 24.4 Å². The standard InChI is InChI=1S/C26H39N5O6.C22H32N4O4/c1-15(30(6)25(35)37-26(3,4)5)23(33)29-21(16(2)36-7)24(34)31-14-19(32)12-18(31)11-17-13-28-22-20(17)9-8-10-27-22;1-5-13(2)21(28)25-19(14(3)30-4)22(29)26-12-17(27)10-16(26)9-15-11-24-20-18(15)7-6-8-23-20/h8-10,13,15-16,18-19,21,32H,11-12,14H2,1-7H3,(H,27,28)(H,29,33);6-8,11,13-14,16-17,19,27H,5,9-10,12H2,1-4H3,(H,23,24)(H,25,28)/t15-,16+,18+,19-,21-;13-,14-,16-,17+,19+/m01/s1. The quantitative estimate of drug-likeness (QED) is 0.0947. The van der Waals surface area contributed by atoms with Crippen LogP contribution < -0.4 is 10.6 Å². The number of pyridine rings is 2. The first-order chi connectivity index (χ1) is 31.7. The molecule has 0 unspecified atom stereocenters. The van der Waals surface area contributed by atoms with Crippen molar-refractivity contribution < 1.29 is 48.4 Å². The van der Waals surface area contributed by atoms with E-state index in [9.17, 15) is 34.2 Å². The molecular formula is C48H71N9O10. The van der Waals surface area contributed by atoms with Crippen molar-refractivity contribution in [3.63, 3.8) is 0 Å². The molecule has 368 valence electrons. The Morgan fingerprint density at radius 3 is 1.61 bits per heavy atom. The van der Waals surface area contributed by atoms with Gasteiger partial charge in [0.25, 0.3) is 0 Å². The molecular weight excluding hydrogens is 863 g/mol. The van der Waals surface area contributed by atoms with Crippen LogP contribution in [-0.4, -0.2) is 169 Å². The second-order valence-corrected chi connectivity index (χ2v) is 18.8. The molecule has 0 radical (unpaired) electrons. The fourth-order valence-electron chi connectivity index (χ4n) is 8.39. The fourth-order valence-corrected chi connectivity index (χ4v) is 8.39. The van der Waals surface area contributed by atoms with Gasteiger partial charge in [0.1, 0.15) is 35.0 Å². The van der Waals surface area contributed by atoms with Crippen molar-refractivity contribution in [1.82, 2.24) is 45.3 Å². The third kappa shape index (κ3) is 13.1. The Labute approximate surface area is 392 Å². The van der Waals surface area contributed by atoms with E-state index in [-0.39, 0.29) is 48.8 Å². The van der Waals surface area contributed by atoms with Crippen LogP contribution in [0.25, 0.3) is 22.1 Å². The summed E-state index contributed by atoms with van der Waals surface area (Å²) in [6.07, 6.45) is 6.89. The number of methoxy groups -OCH3 is 2. The molecule has 6 N–H and O–H groups in total. The number of H-pyrrole nitrogens is 2. The number of nitrogens with zero attached hydrogens (tertiary/aromatic N) is 5. The number of hydrogen-bond donors (Lipinski definition) is 6. The highest BCUT2D eigenvalue weighted by molar-refractivity contribution is 5.92. The average Bonchev–Trinajstić information content (AvgIpc) is 4.10. The maximum atomic E-state index is 13.7. The number of hydrogen-bond acceptors (Lipinski definition) is 12. The molecule has 0 aromatic carbocycles. The normalized spacial score (nSPS) is 21.1. The Morgan fingerprint density at radius 2 is 1.21 bits per heavy atom. The number of carbonyl (C=O) groups excluding carboxylic acids is 5. The second-order valence-electron chi connectivity index (χ2n) is 18.8. The van der Waals surface area contributed by atoms with Crippen LogP contribution in [0.1, 0.15) is 85.8 Å². The number of nitrogens with one attached hydrogen (secondary N) is 4. The second kappa shape index (κ2) is 22.9. The zero-order chi connectivity index (χ0) is 49.3. The van der Waals surface area contributed by atoms with E-state index in [2.05, 4.69) is 30.6 Å². The van der Waals surface area contributed by atoms with Crippen molar-refractivity contribution in [2.45, 2.75) is 148 Å². The van der Waals surface area contributed by atoms with Gasteiger partial charge in [0.15, 0.2) is 0 Å². The molecule has 2 aliphatic heterocycles. The third-order valence-corrected chi connectivity index (χ3v) is 12.8. The lowest BCUT2D eigenvalue weighted by Gasteiger charge is -2.33. The van der Waals surface area contributed by atoms with Crippen molar-refractivity contribution in [2.24, 2.45) is 5.92 Å². The maximum Gasteiger partial charge on any atom is 0.410 e. The molecule has 0 aliphatic carbocycles. The number of aliphatic hydroxyl groups excluding tert-OH is 2. The molecule has 10 atom stereocenters. The minimum atomic E-state index is -1.01. The number of fused-ring (bicyclic) bond motifs is 2.